The number of aliphatic hydroxyl groups is 1. The van der Waals surface area contributed by atoms with Gasteiger partial charge < -0.3 is 25.2 Å². The molecule has 0 spiro atoms. The standard InChI is InChI=1S/C49H90N2O4/c1-3-5-7-9-11-13-15-17-19-21-23-25-27-29-31-33-35-37-39-54-44-46-41-51(49(53)48(50)43-52)42-47(46)45-55-40-38-36-34-32-30-28-26-24-22-20-18-16-14-12-10-8-6-4-2/h11-14,17-20,46-48,52H,3-10,15-16,21-45,50H2,1-2H3/t46-,47?,48-/m0/s1. The number of carbonyl (C=O) groups excluding carboxylic acids is 1. The number of amides is 1. The molecule has 0 radical (unpaired) electrons. The molecule has 1 heterocycles. The molecule has 3 atom stereocenters. The van der Waals surface area contributed by atoms with E-state index in [9.17, 15) is 9.90 Å². The Morgan fingerprint density at radius 1 is 0.545 bits per heavy atom. The van der Waals surface area contributed by atoms with Crippen LogP contribution in [0.15, 0.2) is 48.6 Å². The van der Waals surface area contributed by atoms with Crippen LogP contribution in [0.4, 0.5) is 0 Å². The summed E-state index contributed by atoms with van der Waals surface area (Å²) < 4.78 is 12.3. The van der Waals surface area contributed by atoms with Crippen molar-refractivity contribution in [2.45, 2.75) is 200 Å². The number of allylic oxidation sites excluding steroid dienone is 8. The molecule has 0 aromatic carbocycles. The number of nitrogens with zero attached hydrogens (tertiary/aromatic N) is 1. The second-order valence-corrected chi connectivity index (χ2v) is 16.3. The van der Waals surface area contributed by atoms with Gasteiger partial charge in [0.25, 0.3) is 0 Å². The van der Waals surface area contributed by atoms with E-state index in [0.717, 1.165) is 38.9 Å². The van der Waals surface area contributed by atoms with Crippen molar-refractivity contribution in [1.29, 1.82) is 0 Å². The third-order valence-electron chi connectivity index (χ3n) is 11.0. The van der Waals surface area contributed by atoms with E-state index >= 15 is 0 Å². The number of likely N-dealkylation sites (tertiary alicyclic amines) is 1. The highest BCUT2D eigenvalue weighted by Gasteiger charge is 2.36. The Morgan fingerprint density at radius 3 is 1.22 bits per heavy atom. The van der Waals surface area contributed by atoms with Crippen molar-refractivity contribution in [3.05, 3.63) is 48.6 Å². The third-order valence-corrected chi connectivity index (χ3v) is 11.0. The van der Waals surface area contributed by atoms with E-state index in [4.69, 9.17) is 15.2 Å². The maximum absolute atomic E-state index is 12.7. The Balaban J connectivity index is 2.07. The van der Waals surface area contributed by atoms with Gasteiger partial charge in [-0.05, 0) is 77.0 Å². The van der Waals surface area contributed by atoms with Crippen LogP contribution >= 0.6 is 0 Å². The quantitative estimate of drug-likeness (QED) is 0.0479. The Kier molecular flexibility index (Phi) is 37.7. The van der Waals surface area contributed by atoms with Gasteiger partial charge in [-0.3, -0.25) is 4.79 Å². The Bertz CT molecular complexity index is 883. The number of unbranched alkanes of at least 4 members (excludes halogenated alkanes) is 22. The van der Waals surface area contributed by atoms with Crippen LogP contribution in [0.2, 0.25) is 0 Å². The van der Waals surface area contributed by atoms with Gasteiger partial charge in [-0.1, -0.05) is 165 Å². The number of hydrogen-bond donors (Lipinski definition) is 2. The molecule has 0 aromatic rings. The molecule has 1 aliphatic rings. The monoisotopic (exact) mass is 771 g/mol. The van der Waals surface area contributed by atoms with E-state index in [1.54, 1.807) is 0 Å². The van der Waals surface area contributed by atoms with Gasteiger partial charge in [0.2, 0.25) is 5.91 Å². The molecule has 55 heavy (non-hydrogen) atoms. The van der Waals surface area contributed by atoms with Gasteiger partial charge in [0.1, 0.15) is 6.04 Å². The molecule has 6 heteroatoms. The number of ether oxygens (including phenoxy) is 2. The fraction of sp³-hybridized carbons (Fsp3) is 0.816. The largest absolute Gasteiger partial charge is 0.394 e. The van der Waals surface area contributed by atoms with E-state index in [2.05, 4.69) is 62.5 Å². The zero-order valence-corrected chi connectivity index (χ0v) is 36.3. The molecule has 320 valence electrons. The summed E-state index contributed by atoms with van der Waals surface area (Å²) in [6.07, 6.45) is 54.2. The summed E-state index contributed by atoms with van der Waals surface area (Å²) in [5, 5.41) is 9.43. The van der Waals surface area contributed by atoms with Crippen LogP contribution in [0, 0.1) is 11.8 Å². The van der Waals surface area contributed by atoms with Crippen molar-refractivity contribution >= 4 is 5.91 Å². The molecule has 0 bridgehead atoms. The summed E-state index contributed by atoms with van der Waals surface area (Å²) in [6, 6.07) is -0.843. The summed E-state index contributed by atoms with van der Waals surface area (Å²) in [6.45, 7) is 8.34. The lowest BCUT2D eigenvalue weighted by Gasteiger charge is -2.19. The van der Waals surface area contributed by atoms with Gasteiger partial charge in [-0.2, -0.15) is 0 Å². The molecule has 0 aliphatic carbocycles. The van der Waals surface area contributed by atoms with E-state index in [-0.39, 0.29) is 24.3 Å². The number of hydrogen-bond acceptors (Lipinski definition) is 5. The molecule has 1 unspecified atom stereocenters. The van der Waals surface area contributed by atoms with Crippen LogP contribution in [0.5, 0.6) is 0 Å². The number of carbonyl (C=O) groups is 1. The van der Waals surface area contributed by atoms with Gasteiger partial charge in [0, 0.05) is 38.1 Å². The molecular formula is C49H90N2O4. The molecule has 6 nitrogen and oxygen atoms in total. The van der Waals surface area contributed by atoms with E-state index < -0.39 is 6.04 Å². The van der Waals surface area contributed by atoms with Gasteiger partial charge >= 0.3 is 0 Å². The van der Waals surface area contributed by atoms with Crippen molar-refractivity contribution < 1.29 is 19.4 Å². The minimum absolute atomic E-state index is 0.162. The first-order valence-electron chi connectivity index (χ1n) is 23.5. The van der Waals surface area contributed by atoms with Crippen molar-refractivity contribution in [2.24, 2.45) is 17.6 Å². The minimum Gasteiger partial charge on any atom is -0.394 e. The molecule has 1 fully saturated rings. The van der Waals surface area contributed by atoms with Crippen LogP contribution in [-0.4, -0.2) is 68.1 Å². The average molecular weight is 771 g/mol. The molecule has 1 aliphatic heterocycles. The highest BCUT2D eigenvalue weighted by molar-refractivity contribution is 5.82. The zero-order chi connectivity index (χ0) is 39.7. The first-order valence-corrected chi connectivity index (χ1v) is 23.5. The SMILES string of the molecule is CCCCCC=CCC=CCCCCCCCCCCOCC1CN(C(=O)[C@@H](N)CO)C[C@H]1COCCCCCCCCCCC=CCC=CCCCCC. The lowest BCUT2D eigenvalue weighted by atomic mass is 9.98. The first-order chi connectivity index (χ1) is 27.1. The maximum Gasteiger partial charge on any atom is 0.241 e. The van der Waals surface area contributed by atoms with Gasteiger partial charge in [-0.15, -0.1) is 0 Å². The number of rotatable bonds is 40. The van der Waals surface area contributed by atoms with Crippen molar-refractivity contribution in [3.63, 3.8) is 0 Å². The van der Waals surface area contributed by atoms with Crippen LogP contribution in [0.3, 0.4) is 0 Å². The summed E-state index contributed by atoms with van der Waals surface area (Å²) in [4.78, 5) is 14.5. The Hall–Kier alpha value is -1.73. The lowest BCUT2D eigenvalue weighted by molar-refractivity contribution is -0.132. The topological polar surface area (TPSA) is 85.0 Å². The highest BCUT2D eigenvalue weighted by Crippen LogP contribution is 2.25. The van der Waals surface area contributed by atoms with Gasteiger partial charge in [0.05, 0.1) is 19.8 Å². The summed E-state index contributed by atoms with van der Waals surface area (Å²) in [7, 11) is 0. The molecule has 0 aromatic heterocycles. The number of nitrogens with two attached hydrogens (primary N) is 1. The van der Waals surface area contributed by atoms with Crippen LogP contribution in [0.1, 0.15) is 194 Å². The number of aliphatic hydroxyl groups excluding tert-OH is 1. The Labute approximate surface area is 341 Å². The maximum atomic E-state index is 12.7. The summed E-state index contributed by atoms with van der Waals surface area (Å²) in [5.74, 6) is 0.346. The highest BCUT2D eigenvalue weighted by atomic mass is 16.5. The third kappa shape index (κ3) is 32.0. The zero-order valence-electron chi connectivity index (χ0n) is 36.3. The van der Waals surface area contributed by atoms with Crippen LogP contribution in [0.25, 0.3) is 0 Å². The molecule has 1 rings (SSSR count). The second-order valence-electron chi connectivity index (χ2n) is 16.3. The molecule has 0 saturated carbocycles. The molecule has 3 N–H and O–H groups in total. The van der Waals surface area contributed by atoms with Crippen LogP contribution < -0.4 is 5.73 Å². The molecule has 1 saturated heterocycles. The summed E-state index contributed by atoms with van der Waals surface area (Å²) in [5.41, 5.74) is 5.88. The van der Waals surface area contributed by atoms with E-state index in [1.165, 1.54) is 154 Å². The predicted molar refractivity (Wildman–Crippen MR) is 237 cm³/mol. The average Bonchev–Trinajstić information content (AvgIpc) is 3.61. The van der Waals surface area contributed by atoms with Gasteiger partial charge in [-0.25, -0.2) is 0 Å². The van der Waals surface area contributed by atoms with Crippen molar-refractivity contribution in [3.8, 4) is 0 Å². The van der Waals surface area contributed by atoms with E-state index in [0.29, 0.717) is 26.3 Å². The summed E-state index contributed by atoms with van der Waals surface area (Å²) >= 11 is 0. The second kappa shape index (κ2) is 40.5. The minimum atomic E-state index is -0.843. The normalized spacial score (nSPS) is 17.0. The molecular weight excluding hydrogens is 681 g/mol. The molecule has 1 amide bonds. The lowest BCUT2D eigenvalue weighted by Crippen LogP contribution is -2.45. The Morgan fingerprint density at radius 2 is 0.873 bits per heavy atom. The smallest absolute Gasteiger partial charge is 0.241 e. The first kappa shape index (κ1) is 51.3. The van der Waals surface area contributed by atoms with Crippen LogP contribution in [-0.2, 0) is 14.3 Å². The fourth-order valence-corrected chi connectivity index (χ4v) is 7.37. The van der Waals surface area contributed by atoms with Crippen molar-refractivity contribution in [1.82, 2.24) is 4.90 Å². The predicted octanol–water partition coefficient (Wildman–Crippen LogP) is 12.6. The fourth-order valence-electron chi connectivity index (χ4n) is 7.37. The van der Waals surface area contributed by atoms with E-state index in [1.807, 2.05) is 4.90 Å². The van der Waals surface area contributed by atoms with Crippen molar-refractivity contribution in [2.75, 3.05) is 46.1 Å². The van der Waals surface area contributed by atoms with Gasteiger partial charge in [0.15, 0.2) is 0 Å².